The molecule has 98 valence electrons. The minimum absolute atomic E-state index is 0.105. The molecule has 1 aliphatic heterocycles. The number of nitrogens with zero attached hydrogens (tertiary/aromatic N) is 2. The third kappa shape index (κ3) is 2.69. The molecule has 0 aliphatic carbocycles. The molecule has 2 atom stereocenters. The largest absolute Gasteiger partial charge is 0.481 e. The normalized spacial score (nSPS) is 25.8. The van der Waals surface area contributed by atoms with Gasteiger partial charge in [0.15, 0.2) is 0 Å². The van der Waals surface area contributed by atoms with E-state index in [0.29, 0.717) is 13.0 Å². The van der Waals surface area contributed by atoms with Gasteiger partial charge in [0.05, 0.1) is 18.1 Å². The molecule has 1 saturated heterocycles. The first-order valence-electron chi connectivity index (χ1n) is 5.68. The van der Waals surface area contributed by atoms with E-state index < -0.39 is 11.4 Å². The maximum absolute atomic E-state index is 12.0. The minimum Gasteiger partial charge on any atom is -0.481 e. The summed E-state index contributed by atoms with van der Waals surface area (Å²) in [6.07, 6.45) is 0.468. The SMILES string of the molecule is CC(CO)N(C)C(=O)N1CCC(C)(C(=O)O)C1. The van der Waals surface area contributed by atoms with E-state index in [1.165, 1.54) is 9.80 Å². The quantitative estimate of drug-likeness (QED) is 0.744. The van der Waals surface area contributed by atoms with E-state index in [-0.39, 0.29) is 25.2 Å². The number of aliphatic hydroxyl groups excluding tert-OH is 1. The van der Waals surface area contributed by atoms with Crippen molar-refractivity contribution in [2.24, 2.45) is 5.41 Å². The molecule has 17 heavy (non-hydrogen) atoms. The Balaban J connectivity index is 2.66. The van der Waals surface area contributed by atoms with Gasteiger partial charge in [-0.2, -0.15) is 0 Å². The van der Waals surface area contributed by atoms with Crippen LogP contribution in [0.5, 0.6) is 0 Å². The third-order valence-corrected chi connectivity index (χ3v) is 3.49. The molecular formula is C11H20N2O4. The van der Waals surface area contributed by atoms with Crippen LogP contribution in [0.25, 0.3) is 0 Å². The van der Waals surface area contributed by atoms with Crippen LogP contribution in [-0.2, 0) is 4.79 Å². The molecule has 0 saturated carbocycles. The lowest BCUT2D eigenvalue weighted by molar-refractivity contribution is -0.147. The topological polar surface area (TPSA) is 81.1 Å². The molecular weight excluding hydrogens is 224 g/mol. The lowest BCUT2D eigenvalue weighted by Gasteiger charge is -2.29. The standard InChI is InChI=1S/C11H20N2O4/c1-8(6-14)12(3)10(17)13-5-4-11(2,7-13)9(15)16/h8,14H,4-7H2,1-3H3,(H,15,16). The van der Waals surface area contributed by atoms with Crippen molar-refractivity contribution in [3.05, 3.63) is 0 Å². The van der Waals surface area contributed by atoms with Crippen LogP contribution in [0.2, 0.25) is 0 Å². The number of carbonyl (C=O) groups excluding carboxylic acids is 1. The number of likely N-dealkylation sites (tertiary alicyclic amines) is 1. The molecule has 1 aliphatic rings. The Bertz CT molecular complexity index is 321. The van der Waals surface area contributed by atoms with Gasteiger partial charge in [-0.1, -0.05) is 0 Å². The monoisotopic (exact) mass is 244 g/mol. The molecule has 0 aromatic heterocycles. The van der Waals surface area contributed by atoms with Crippen molar-refractivity contribution in [2.45, 2.75) is 26.3 Å². The first-order valence-corrected chi connectivity index (χ1v) is 5.68. The number of carboxylic acids is 1. The number of rotatable bonds is 3. The van der Waals surface area contributed by atoms with Gasteiger partial charge in [0, 0.05) is 20.1 Å². The lowest BCUT2D eigenvalue weighted by atomic mass is 9.90. The van der Waals surface area contributed by atoms with Crippen molar-refractivity contribution in [1.82, 2.24) is 9.80 Å². The van der Waals surface area contributed by atoms with Gasteiger partial charge < -0.3 is 20.0 Å². The predicted octanol–water partition coefficient (Wildman–Crippen LogP) is 0.216. The Kier molecular flexibility index (Phi) is 3.98. The highest BCUT2D eigenvalue weighted by molar-refractivity contribution is 5.79. The van der Waals surface area contributed by atoms with E-state index in [2.05, 4.69) is 0 Å². The second kappa shape index (κ2) is 4.91. The van der Waals surface area contributed by atoms with Crippen molar-refractivity contribution in [3.8, 4) is 0 Å². The van der Waals surface area contributed by atoms with Crippen LogP contribution in [-0.4, -0.2) is 64.8 Å². The van der Waals surface area contributed by atoms with Gasteiger partial charge >= 0.3 is 12.0 Å². The van der Waals surface area contributed by atoms with Gasteiger partial charge in [-0.25, -0.2) is 4.79 Å². The molecule has 6 nitrogen and oxygen atoms in total. The Morgan fingerprint density at radius 1 is 1.53 bits per heavy atom. The van der Waals surface area contributed by atoms with Gasteiger partial charge in [-0.05, 0) is 20.3 Å². The number of carboxylic acid groups (broad SMARTS) is 1. The van der Waals surface area contributed by atoms with Gasteiger partial charge in [-0.3, -0.25) is 4.79 Å². The summed E-state index contributed by atoms with van der Waals surface area (Å²) in [5.74, 6) is -0.870. The molecule has 2 N–H and O–H groups in total. The maximum Gasteiger partial charge on any atom is 0.320 e. The second-order valence-electron chi connectivity index (χ2n) is 4.96. The number of hydrogen-bond donors (Lipinski definition) is 2. The maximum atomic E-state index is 12.0. The summed E-state index contributed by atoms with van der Waals surface area (Å²) in [7, 11) is 1.61. The summed E-state index contributed by atoms with van der Waals surface area (Å²) in [5.41, 5.74) is -0.848. The van der Waals surface area contributed by atoms with Crippen LogP contribution in [0.15, 0.2) is 0 Å². The number of aliphatic hydroxyl groups is 1. The van der Waals surface area contributed by atoms with Crippen LogP contribution >= 0.6 is 0 Å². The fourth-order valence-corrected chi connectivity index (χ4v) is 1.83. The molecule has 6 heteroatoms. The molecule has 0 spiro atoms. The second-order valence-corrected chi connectivity index (χ2v) is 4.96. The Morgan fingerprint density at radius 3 is 2.53 bits per heavy atom. The lowest BCUT2D eigenvalue weighted by Crippen LogP contribution is -2.46. The zero-order valence-corrected chi connectivity index (χ0v) is 10.5. The summed E-state index contributed by atoms with van der Waals surface area (Å²) in [5, 5.41) is 18.1. The molecule has 1 fully saturated rings. The minimum atomic E-state index is -0.870. The molecule has 1 heterocycles. The predicted molar refractivity (Wildman–Crippen MR) is 61.6 cm³/mol. The summed E-state index contributed by atoms with van der Waals surface area (Å²) in [6, 6.07) is -0.490. The number of amides is 2. The molecule has 0 aromatic carbocycles. The van der Waals surface area contributed by atoms with Crippen LogP contribution in [0.1, 0.15) is 20.3 Å². The number of carbonyl (C=O) groups is 2. The first-order chi connectivity index (χ1) is 7.81. The highest BCUT2D eigenvalue weighted by Gasteiger charge is 2.43. The molecule has 0 aromatic rings. The summed E-state index contributed by atoms with van der Waals surface area (Å²) in [6.45, 7) is 3.96. The fourth-order valence-electron chi connectivity index (χ4n) is 1.83. The van der Waals surface area contributed by atoms with Gasteiger partial charge in [0.1, 0.15) is 0 Å². The van der Waals surface area contributed by atoms with Gasteiger partial charge in [-0.15, -0.1) is 0 Å². The van der Waals surface area contributed by atoms with E-state index in [1.54, 1.807) is 20.9 Å². The Hall–Kier alpha value is -1.30. The van der Waals surface area contributed by atoms with Crippen molar-refractivity contribution in [3.63, 3.8) is 0 Å². The van der Waals surface area contributed by atoms with Crippen LogP contribution < -0.4 is 0 Å². The summed E-state index contributed by atoms with van der Waals surface area (Å²) >= 11 is 0. The van der Waals surface area contributed by atoms with E-state index >= 15 is 0 Å². The molecule has 0 bridgehead atoms. The zero-order valence-electron chi connectivity index (χ0n) is 10.5. The molecule has 2 unspecified atom stereocenters. The smallest absolute Gasteiger partial charge is 0.320 e. The first kappa shape index (κ1) is 13.8. The molecule has 0 radical (unpaired) electrons. The van der Waals surface area contributed by atoms with Crippen LogP contribution in [0, 0.1) is 5.41 Å². The number of urea groups is 1. The van der Waals surface area contributed by atoms with Crippen LogP contribution in [0.3, 0.4) is 0 Å². The Morgan fingerprint density at radius 2 is 2.12 bits per heavy atom. The van der Waals surface area contributed by atoms with Gasteiger partial charge in [0.25, 0.3) is 0 Å². The number of likely N-dealkylation sites (N-methyl/N-ethyl adjacent to an activating group) is 1. The summed E-state index contributed by atoms with van der Waals surface area (Å²) in [4.78, 5) is 26.0. The van der Waals surface area contributed by atoms with Crippen molar-refractivity contribution < 1.29 is 19.8 Å². The molecule has 2 amide bonds. The highest BCUT2D eigenvalue weighted by Crippen LogP contribution is 2.30. The van der Waals surface area contributed by atoms with Crippen molar-refractivity contribution in [1.29, 1.82) is 0 Å². The number of aliphatic carboxylic acids is 1. The van der Waals surface area contributed by atoms with Gasteiger partial charge in [0.2, 0.25) is 0 Å². The van der Waals surface area contributed by atoms with Crippen LogP contribution in [0.4, 0.5) is 4.79 Å². The fraction of sp³-hybridized carbons (Fsp3) is 0.818. The average molecular weight is 244 g/mol. The van der Waals surface area contributed by atoms with E-state index in [1.807, 2.05) is 0 Å². The average Bonchev–Trinajstić information content (AvgIpc) is 2.70. The Labute approximate surface area is 101 Å². The molecule has 1 rings (SSSR count). The van der Waals surface area contributed by atoms with Crippen molar-refractivity contribution >= 4 is 12.0 Å². The van der Waals surface area contributed by atoms with E-state index in [0.717, 1.165) is 0 Å². The summed E-state index contributed by atoms with van der Waals surface area (Å²) < 4.78 is 0. The highest BCUT2D eigenvalue weighted by atomic mass is 16.4. The third-order valence-electron chi connectivity index (χ3n) is 3.49. The number of hydrogen-bond acceptors (Lipinski definition) is 3. The zero-order chi connectivity index (χ0) is 13.2. The van der Waals surface area contributed by atoms with E-state index in [4.69, 9.17) is 10.2 Å². The van der Waals surface area contributed by atoms with Crippen molar-refractivity contribution in [2.75, 3.05) is 26.7 Å². The van der Waals surface area contributed by atoms with E-state index in [9.17, 15) is 9.59 Å².